The first-order valence-corrected chi connectivity index (χ1v) is 12.2. The minimum Gasteiger partial charge on any atom is -0.455 e. The van der Waals surface area contributed by atoms with Crippen molar-refractivity contribution in [2.45, 2.75) is 29.8 Å². The van der Waals surface area contributed by atoms with E-state index in [2.05, 4.69) is 39.5 Å². The Bertz CT molecular complexity index is 984. The molecule has 0 atom stereocenters. The Morgan fingerprint density at radius 2 is 1.84 bits per heavy atom. The van der Waals surface area contributed by atoms with Gasteiger partial charge in [-0.3, -0.25) is 14.5 Å². The molecule has 4 rings (SSSR count). The zero-order valence-electron chi connectivity index (χ0n) is 17.2. The summed E-state index contributed by atoms with van der Waals surface area (Å²) in [6.07, 6.45) is 1.81. The van der Waals surface area contributed by atoms with Gasteiger partial charge in [0.25, 0.3) is 5.91 Å². The van der Waals surface area contributed by atoms with E-state index < -0.39 is 5.97 Å². The first-order chi connectivity index (χ1) is 15.2. The summed E-state index contributed by atoms with van der Waals surface area (Å²) in [7, 11) is 0. The van der Waals surface area contributed by atoms with E-state index in [1.54, 1.807) is 11.3 Å². The van der Waals surface area contributed by atoms with Crippen molar-refractivity contribution in [2.24, 2.45) is 0 Å². The highest BCUT2D eigenvalue weighted by molar-refractivity contribution is 8.01. The van der Waals surface area contributed by atoms with Crippen molar-refractivity contribution in [3.8, 4) is 0 Å². The summed E-state index contributed by atoms with van der Waals surface area (Å²) < 4.78 is 7.05. The summed E-state index contributed by atoms with van der Waals surface area (Å²) in [6, 6.07) is 18.4. The largest absolute Gasteiger partial charge is 0.455 e. The van der Waals surface area contributed by atoms with Crippen LogP contribution in [0.4, 0.5) is 0 Å². The zero-order chi connectivity index (χ0) is 21.5. The number of para-hydroxylation sites is 1. The Hall–Kier alpha value is -2.42. The van der Waals surface area contributed by atoms with Crippen molar-refractivity contribution in [2.75, 3.05) is 25.4 Å². The van der Waals surface area contributed by atoms with Gasteiger partial charge in [0.15, 0.2) is 10.9 Å². The van der Waals surface area contributed by atoms with E-state index in [1.807, 2.05) is 30.3 Å². The van der Waals surface area contributed by atoms with E-state index in [9.17, 15) is 9.59 Å². The standard InChI is InChI=1S/C23H25N3O3S2/c27-21(24-18-10-12-26(13-11-18)14-17-6-2-1-3-7-17)15-29-22(28)16-30-23-25-19-8-4-5-9-20(19)31-23/h1-9,18H,10-16H2,(H,24,27). The van der Waals surface area contributed by atoms with Gasteiger partial charge in [0.05, 0.1) is 16.0 Å². The SMILES string of the molecule is O=C(COC(=O)CSc1nc2ccccc2s1)NC1CCN(Cc2ccccc2)CC1. The molecule has 1 N–H and O–H groups in total. The number of benzene rings is 2. The minimum atomic E-state index is -0.405. The number of thiazole rings is 1. The number of rotatable bonds is 8. The molecule has 1 aliphatic rings. The highest BCUT2D eigenvalue weighted by Gasteiger charge is 2.21. The van der Waals surface area contributed by atoms with Crippen LogP contribution < -0.4 is 5.32 Å². The minimum absolute atomic E-state index is 0.135. The van der Waals surface area contributed by atoms with Gasteiger partial charge in [0.1, 0.15) is 0 Å². The molecule has 1 aromatic heterocycles. The average Bonchev–Trinajstić information content (AvgIpc) is 3.21. The molecule has 1 saturated heterocycles. The zero-order valence-corrected chi connectivity index (χ0v) is 18.8. The Kier molecular flexibility index (Phi) is 7.56. The Labute approximate surface area is 190 Å². The molecule has 0 bridgehead atoms. The topological polar surface area (TPSA) is 71.5 Å². The highest BCUT2D eigenvalue weighted by atomic mass is 32.2. The molecule has 3 aromatic rings. The monoisotopic (exact) mass is 455 g/mol. The van der Waals surface area contributed by atoms with Crippen molar-refractivity contribution in [1.82, 2.24) is 15.2 Å². The van der Waals surface area contributed by atoms with Gasteiger partial charge in [-0.25, -0.2) is 4.98 Å². The van der Waals surface area contributed by atoms with E-state index in [0.717, 1.165) is 47.0 Å². The molecule has 0 unspecified atom stereocenters. The molecular formula is C23H25N3O3S2. The maximum absolute atomic E-state index is 12.2. The van der Waals surface area contributed by atoms with Crippen LogP contribution in [-0.4, -0.2) is 53.3 Å². The van der Waals surface area contributed by atoms with Gasteiger partial charge in [0.2, 0.25) is 0 Å². The molecule has 0 radical (unpaired) electrons. The molecule has 6 nitrogen and oxygen atoms in total. The number of piperidine rings is 1. The molecule has 31 heavy (non-hydrogen) atoms. The lowest BCUT2D eigenvalue weighted by Gasteiger charge is -2.32. The first-order valence-electron chi connectivity index (χ1n) is 10.4. The number of ether oxygens (including phenoxy) is 1. The van der Waals surface area contributed by atoms with Crippen molar-refractivity contribution in [3.05, 3.63) is 60.2 Å². The van der Waals surface area contributed by atoms with Crippen LogP contribution in [0.2, 0.25) is 0 Å². The molecule has 0 aliphatic carbocycles. The second-order valence-corrected chi connectivity index (χ2v) is 9.75. The normalized spacial score (nSPS) is 15.1. The number of esters is 1. The number of hydrogen-bond acceptors (Lipinski definition) is 7. The number of nitrogens with one attached hydrogen (secondary N) is 1. The van der Waals surface area contributed by atoms with Crippen LogP contribution in [0.3, 0.4) is 0 Å². The lowest BCUT2D eigenvalue weighted by atomic mass is 10.0. The van der Waals surface area contributed by atoms with Gasteiger partial charge in [-0.1, -0.05) is 54.2 Å². The fourth-order valence-electron chi connectivity index (χ4n) is 3.57. The first kappa shape index (κ1) is 21.8. The van der Waals surface area contributed by atoms with Crippen LogP contribution in [0.1, 0.15) is 18.4 Å². The van der Waals surface area contributed by atoms with Crippen molar-refractivity contribution < 1.29 is 14.3 Å². The van der Waals surface area contributed by atoms with Crippen molar-refractivity contribution in [3.63, 3.8) is 0 Å². The molecule has 0 saturated carbocycles. The van der Waals surface area contributed by atoms with Gasteiger partial charge in [-0.2, -0.15) is 0 Å². The summed E-state index contributed by atoms with van der Waals surface area (Å²) in [5, 5.41) is 2.99. The summed E-state index contributed by atoms with van der Waals surface area (Å²) in [6.45, 7) is 2.59. The molecule has 8 heteroatoms. The van der Waals surface area contributed by atoms with Gasteiger partial charge >= 0.3 is 5.97 Å². The summed E-state index contributed by atoms with van der Waals surface area (Å²) in [4.78, 5) is 31.0. The number of carbonyl (C=O) groups is 2. The third-order valence-electron chi connectivity index (χ3n) is 5.15. The molecule has 1 fully saturated rings. The van der Waals surface area contributed by atoms with E-state index in [4.69, 9.17) is 4.74 Å². The lowest BCUT2D eigenvalue weighted by molar-refractivity contribution is -0.146. The van der Waals surface area contributed by atoms with Gasteiger partial charge < -0.3 is 10.1 Å². The summed E-state index contributed by atoms with van der Waals surface area (Å²) in [5.41, 5.74) is 2.23. The second-order valence-electron chi connectivity index (χ2n) is 7.50. The third-order valence-corrected chi connectivity index (χ3v) is 7.31. The fourth-order valence-corrected chi connectivity index (χ4v) is 5.43. The number of fused-ring (bicyclic) bond motifs is 1. The van der Waals surface area contributed by atoms with Gasteiger partial charge in [-0.05, 0) is 30.5 Å². The van der Waals surface area contributed by atoms with Crippen LogP contribution in [0.15, 0.2) is 58.9 Å². The molecule has 162 valence electrons. The van der Waals surface area contributed by atoms with E-state index >= 15 is 0 Å². The van der Waals surface area contributed by atoms with E-state index in [1.165, 1.54) is 17.3 Å². The quantitative estimate of drug-likeness (QED) is 0.412. The van der Waals surface area contributed by atoms with Crippen LogP contribution in [-0.2, 0) is 20.9 Å². The fraction of sp³-hybridized carbons (Fsp3) is 0.348. The number of nitrogens with zero attached hydrogens (tertiary/aromatic N) is 2. The van der Waals surface area contributed by atoms with Crippen LogP contribution in [0.25, 0.3) is 10.2 Å². The number of hydrogen-bond donors (Lipinski definition) is 1. The smallest absolute Gasteiger partial charge is 0.316 e. The molecule has 1 amide bonds. The second kappa shape index (κ2) is 10.7. The molecular weight excluding hydrogens is 430 g/mol. The van der Waals surface area contributed by atoms with E-state index in [-0.39, 0.29) is 24.3 Å². The van der Waals surface area contributed by atoms with Crippen molar-refractivity contribution >= 4 is 45.2 Å². The van der Waals surface area contributed by atoms with Gasteiger partial charge in [-0.15, -0.1) is 11.3 Å². The van der Waals surface area contributed by atoms with E-state index in [0.29, 0.717) is 0 Å². The van der Waals surface area contributed by atoms with Crippen LogP contribution in [0.5, 0.6) is 0 Å². The third kappa shape index (κ3) is 6.53. The number of thioether (sulfide) groups is 1. The average molecular weight is 456 g/mol. The predicted octanol–water partition coefficient (Wildman–Crippen LogP) is 3.71. The summed E-state index contributed by atoms with van der Waals surface area (Å²) in [5.74, 6) is -0.498. The number of carbonyl (C=O) groups excluding carboxylic acids is 2. The lowest BCUT2D eigenvalue weighted by Crippen LogP contribution is -2.45. The van der Waals surface area contributed by atoms with Crippen LogP contribution >= 0.6 is 23.1 Å². The van der Waals surface area contributed by atoms with Gasteiger partial charge in [0, 0.05) is 25.7 Å². The maximum Gasteiger partial charge on any atom is 0.316 e. The predicted molar refractivity (Wildman–Crippen MR) is 124 cm³/mol. The maximum atomic E-state index is 12.2. The highest BCUT2D eigenvalue weighted by Crippen LogP contribution is 2.29. The molecule has 1 aliphatic heterocycles. The molecule has 2 aromatic carbocycles. The summed E-state index contributed by atoms with van der Waals surface area (Å²) >= 11 is 2.89. The Morgan fingerprint density at radius 3 is 2.61 bits per heavy atom. The Morgan fingerprint density at radius 1 is 1.10 bits per heavy atom. The van der Waals surface area contributed by atoms with Crippen molar-refractivity contribution in [1.29, 1.82) is 0 Å². The van der Waals surface area contributed by atoms with Crippen LogP contribution in [0, 0.1) is 0 Å². The number of aromatic nitrogens is 1. The molecule has 0 spiro atoms. The number of amides is 1. The number of likely N-dealkylation sites (tertiary alicyclic amines) is 1. The molecule has 2 heterocycles. The Balaban J connectivity index is 1.12.